The molecule has 27 heavy (non-hydrogen) atoms. The maximum Gasteiger partial charge on any atom is 0.419 e. The molecule has 1 aliphatic carbocycles. The smallest absolute Gasteiger partial charge is 0.377 e. The van der Waals surface area contributed by atoms with Crippen LogP contribution < -0.4 is 0 Å². The van der Waals surface area contributed by atoms with E-state index in [9.17, 15) is 22.4 Å². The Morgan fingerprint density at radius 3 is 2.30 bits per heavy atom. The minimum Gasteiger partial charge on any atom is -0.377 e. The summed E-state index contributed by atoms with van der Waals surface area (Å²) in [7, 11) is 0. The van der Waals surface area contributed by atoms with Gasteiger partial charge < -0.3 is 4.74 Å². The van der Waals surface area contributed by atoms with Gasteiger partial charge in [0.25, 0.3) is 0 Å². The van der Waals surface area contributed by atoms with E-state index in [0.29, 0.717) is 18.8 Å². The molecule has 1 heterocycles. The monoisotopic (exact) mass is 386 g/mol. The van der Waals surface area contributed by atoms with Gasteiger partial charge in [0.1, 0.15) is 5.82 Å². The van der Waals surface area contributed by atoms with Gasteiger partial charge in [-0.05, 0) is 56.1 Å². The van der Waals surface area contributed by atoms with Crippen LogP contribution in [0.4, 0.5) is 17.6 Å². The summed E-state index contributed by atoms with van der Waals surface area (Å²) in [6.45, 7) is 3.60. The maximum absolute atomic E-state index is 14.5. The van der Waals surface area contributed by atoms with Crippen molar-refractivity contribution in [2.45, 2.75) is 64.7 Å². The van der Waals surface area contributed by atoms with Crippen molar-refractivity contribution in [1.82, 2.24) is 0 Å². The van der Waals surface area contributed by atoms with Crippen molar-refractivity contribution in [3.05, 3.63) is 34.6 Å². The second kappa shape index (κ2) is 7.90. The van der Waals surface area contributed by atoms with Gasteiger partial charge in [-0.25, -0.2) is 4.39 Å². The van der Waals surface area contributed by atoms with Gasteiger partial charge in [-0.2, -0.15) is 13.2 Å². The molecule has 1 saturated carbocycles. The van der Waals surface area contributed by atoms with E-state index in [-0.39, 0.29) is 18.3 Å². The Bertz CT molecular complexity index is 682. The van der Waals surface area contributed by atoms with Crippen LogP contribution >= 0.6 is 0 Å². The summed E-state index contributed by atoms with van der Waals surface area (Å²) in [6.07, 6.45) is 1.12. The minimum atomic E-state index is -4.82. The zero-order valence-corrected chi connectivity index (χ0v) is 15.7. The number of hydrogen-bond donors (Lipinski definition) is 0. The molecule has 0 bridgehead atoms. The molecule has 1 unspecified atom stereocenters. The van der Waals surface area contributed by atoms with Crippen LogP contribution in [-0.2, 0) is 10.9 Å². The van der Waals surface area contributed by atoms with Crippen LogP contribution in [0.2, 0.25) is 0 Å². The van der Waals surface area contributed by atoms with Crippen molar-refractivity contribution in [1.29, 1.82) is 0 Å². The topological polar surface area (TPSA) is 26.3 Å². The van der Waals surface area contributed by atoms with Crippen molar-refractivity contribution < 1.29 is 27.1 Å². The van der Waals surface area contributed by atoms with Crippen molar-refractivity contribution in [2.24, 2.45) is 17.8 Å². The van der Waals surface area contributed by atoms with Gasteiger partial charge in [0.2, 0.25) is 0 Å². The molecule has 2 fully saturated rings. The first-order valence-corrected chi connectivity index (χ1v) is 9.70. The van der Waals surface area contributed by atoms with E-state index in [1.54, 1.807) is 0 Å². The highest BCUT2D eigenvalue weighted by Gasteiger charge is 2.39. The summed E-state index contributed by atoms with van der Waals surface area (Å²) in [5, 5.41) is 0. The van der Waals surface area contributed by atoms with E-state index in [1.165, 1.54) is 19.8 Å². The summed E-state index contributed by atoms with van der Waals surface area (Å²) >= 11 is 0. The lowest BCUT2D eigenvalue weighted by Gasteiger charge is -2.37. The third-order valence-corrected chi connectivity index (χ3v) is 6.17. The number of ether oxygens (including phenoxy) is 1. The molecular formula is C21H26F4O2. The van der Waals surface area contributed by atoms with Crippen LogP contribution in [0.3, 0.4) is 0 Å². The predicted octanol–water partition coefficient (Wildman–Crippen LogP) is 5.96. The van der Waals surface area contributed by atoms with Gasteiger partial charge in [-0.15, -0.1) is 0 Å². The molecule has 150 valence electrons. The van der Waals surface area contributed by atoms with Crippen LogP contribution in [0, 0.1) is 30.5 Å². The Labute approximate surface area is 157 Å². The molecule has 2 aliphatic rings. The Hall–Kier alpha value is -1.43. The van der Waals surface area contributed by atoms with Crippen molar-refractivity contribution in [3.8, 4) is 0 Å². The average molecular weight is 386 g/mol. The number of halogens is 4. The zero-order valence-electron chi connectivity index (χ0n) is 15.7. The molecule has 0 aromatic heterocycles. The summed E-state index contributed by atoms with van der Waals surface area (Å²) in [4.78, 5) is 12.6. The quantitative estimate of drug-likeness (QED) is 0.473. The molecule has 1 aromatic rings. The standard InChI is InChI=1S/C21H26F4O2/c1-12-3-6-14(7-4-12)17-10-8-15(11-27-17)20(26)16-9-5-13(2)18(19(16)22)21(23,24)25/h5,9,12,14-15,17H,3-4,6-8,10-11H2,1-2H3/t12?,14?,15-,17?/m1/s1. The van der Waals surface area contributed by atoms with E-state index in [2.05, 4.69) is 6.92 Å². The first kappa shape index (κ1) is 20.3. The molecule has 0 spiro atoms. The average Bonchev–Trinajstić information content (AvgIpc) is 2.61. The van der Waals surface area contributed by atoms with Crippen LogP contribution in [0.5, 0.6) is 0 Å². The number of carbonyl (C=O) groups is 1. The number of aryl methyl sites for hydroxylation is 1. The molecular weight excluding hydrogens is 360 g/mol. The highest BCUT2D eigenvalue weighted by atomic mass is 19.4. The minimum absolute atomic E-state index is 0.107. The third kappa shape index (κ3) is 4.36. The Kier molecular flexibility index (Phi) is 5.94. The molecule has 0 radical (unpaired) electrons. The SMILES string of the molecule is Cc1ccc(C(=O)[C@@H]2CCC(C3CCC(C)CC3)OC2)c(F)c1C(F)(F)F. The fourth-order valence-electron chi connectivity index (χ4n) is 4.44. The van der Waals surface area contributed by atoms with E-state index < -0.39 is 34.8 Å². The van der Waals surface area contributed by atoms with Crippen molar-refractivity contribution >= 4 is 5.78 Å². The zero-order chi connectivity index (χ0) is 19.8. The highest BCUT2D eigenvalue weighted by Crippen LogP contribution is 2.38. The van der Waals surface area contributed by atoms with Crippen LogP contribution in [0.25, 0.3) is 0 Å². The van der Waals surface area contributed by atoms with E-state index in [4.69, 9.17) is 4.74 Å². The Morgan fingerprint density at radius 2 is 1.74 bits per heavy atom. The summed E-state index contributed by atoms with van der Waals surface area (Å²) in [6, 6.07) is 2.33. The highest BCUT2D eigenvalue weighted by molar-refractivity contribution is 5.98. The Balaban J connectivity index is 1.68. The molecule has 2 nitrogen and oxygen atoms in total. The first-order valence-electron chi connectivity index (χ1n) is 9.70. The summed E-state index contributed by atoms with van der Waals surface area (Å²) < 4.78 is 59.7. The summed E-state index contributed by atoms with van der Waals surface area (Å²) in [5.41, 5.74) is -2.05. The number of hydrogen-bond acceptors (Lipinski definition) is 2. The largest absolute Gasteiger partial charge is 0.419 e. The molecule has 0 amide bonds. The lowest BCUT2D eigenvalue weighted by Crippen LogP contribution is -2.36. The fraction of sp³-hybridized carbons (Fsp3) is 0.667. The van der Waals surface area contributed by atoms with Crippen LogP contribution in [0.15, 0.2) is 12.1 Å². The molecule has 1 saturated heterocycles. The van der Waals surface area contributed by atoms with Gasteiger partial charge in [-0.1, -0.05) is 25.8 Å². The van der Waals surface area contributed by atoms with Gasteiger partial charge >= 0.3 is 6.18 Å². The number of rotatable bonds is 3. The lowest BCUT2D eigenvalue weighted by atomic mass is 9.77. The number of benzene rings is 1. The van der Waals surface area contributed by atoms with Gasteiger partial charge in [-0.3, -0.25) is 4.79 Å². The van der Waals surface area contributed by atoms with Crippen LogP contribution in [-0.4, -0.2) is 18.5 Å². The molecule has 1 aromatic carbocycles. The Morgan fingerprint density at radius 1 is 1.07 bits per heavy atom. The second-order valence-corrected chi connectivity index (χ2v) is 8.15. The number of carbonyl (C=O) groups excluding carboxylic acids is 1. The predicted molar refractivity (Wildman–Crippen MR) is 94.1 cm³/mol. The fourth-order valence-corrected chi connectivity index (χ4v) is 4.44. The molecule has 6 heteroatoms. The van der Waals surface area contributed by atoms with E-state index in [1.807, 2.05) is 0 Å². The van der Waals surface area contributed by atoms with Gasteiger partial charge in [0.05, 0.1) is 23.8 Å². The second-order valence-electron chi connectivity index (χ2n) is 8.15. The number of alkyl halides is 3. The van der Waals surface area contributed by atoms with Crippen LogP contribution in [0.1, 0.15) is 66.9 Å². The van der Waals surface area contributed by atoms with E-state index in [0.717, 1.165) is 30.9 Å². The molecule has 2 atom stereocenters. The number of ketones is 1. The summed E-state index contributed by atoms with van der Waals surface area (Å²) in [5.74, 6) is -1.40. The molecule has 3 rings (SSSR count). The van der Waals surface area contributed by atoms with Gasteiger partial charge in [0.15, 0.2) is 5.78 Å². The first-order chi connectivity index (χ1) is 12.7. The molecule has 1 aliphatic heterocycles. The molecule has 0 N–H and O–H groups in total. The van der Waals surface area contributed by atoms with Crippen molar-refractivity contribution in [3.63, 3.8) is 0 Å². The third-order valence-electron chi connectivity index (χ3n) is 6.17. The number of Topliss-reactive ketones (excluding diaryl/α,β-unsaturated/α-hetero) is 1. The lowest BCUT2D eigenvalue weighted by molar-refractivity contribution is -0.140. The normalized spacial score (nSPS) is 29.6. The van der Waals surface area contributed by atoms with Gasteiger partial charge in [0, 0.05) is 5.92 Å². The van der Waals surface area contributed by atoms with Crippen molar-refractivity contribution in [2.75, 3.05) is 6.61 Å². The van der Waals surface area contributed by atoms with E-state index >= 15 is 0 Å². The maximum atomic E-state index is 14.5.